The Balaban J connectivity index is 1.58. The van der Waals surface area contributed by atoms with Crippen molar-refractivity contribution in [1.29, 1.82) is 0 Å². The second kappa shape index (κ2) is 7.34. The van der Waals surface area contributed by atoms with Crippen molar-refractivity contribution in [3.05, 3.63) is 64.2 Å². The van der Waals surface area contributed by atoms with Crippen molar-refractivity contribution < 1.29 is 14.3 Å². The Morgan fingerprint density at radius 1 is 1.21 bits per heavy atom. The van der Waals surface area contributed by atoms with Crippen molar-refractivity contribution in [2.75, 3.05) is 27.3 Å². The molecule has 1 amide bonds. The van der Waals surface area contributed by atoms with Gasteiger partial charge in [0.25, 0.3) is 11.5 Å². The number of hydrogen-bond donors (Lipinski definition) is 1. The second-order valence-electron chi connectivity index (χ2n) is 6.79. The van der Waals surface area contributed by atoms with E-state index in [0.717, 1.165) is 12.1 Å². The number of carbonyl (C=O) groups excluding carboxylic acids is 1. The van der Waals surface area contributed by atoms with E-state index in [9.17, 15) is 9.59 Å². The van der Waals surface area contributed by atoms with Crippen molar-refractivity contribution in [2.24, 2.45) is 0 Å². The number of nitrogens with one attached hydrogen (secondary N) is 1. The molecule has 7 nitrogen and oxygen atoms in total. The number of H-pyrrole nitrogens is 1. The first-order valence-electron chi connectivity index (χ1n) is 9.10. The molecule has 1 aliphatic heterocycles. The largest absolute Gasteiger partial charge is 0.497 e. The van der Waals surface area contributed by atoms with E-state index in [1.807, 2.05) is 6.07 Å². The topological polar surface area (TPSA) is 84.5 Å². The molecule has 0 bridgehead atoms. The molecule has 1 aliphatic rings. The summed E-state index contributed by atoms with van der Waals surface area (Å²) in [7, 11) is 3.10. The molecule has 2 aromatic heterocycles. The van der Waals surface area contributed by atoms with Gasteiger partial charge in [0, 0.05) is 37.0 Å². The number of pyridine rings is 2. The van der Waals surface area contributed by atoms with Gasteiger partial charge >= 0.3 is 0 Å². The molecule has 1 atom stereocenters. The molecule has 0 saturated carbocycles. The van der Waals surface area contributed by atoms with Crippen LogP contribution in [-0.4, -0.2) is 48.1 Å². The van der Waals surface area contributed by atoms with Crippen LogP contribution < -0.4 is 15.0 Å². The summed E-state index contributed by atoms with van der Waals surface area (Å²) in [6, 6.07) is 10.6. The average molecular weight is 379 g/mol. The Labute approximate surface area is 161 Å². The molecular weight excluding hydrogens is 358 g/mol. The van der Waals surface area contributed by atoms with Crippen LogP contribution in [0.25, 0.3) is 10.9 Å². The summed E-state index contributed by atoms with van der Waals surface area (Å²) >= 11 is 0. The van der Waals surface area contributed by atoms with Gasteiger partial charge < -0.3 is 19.4 Å². The molecule has 3 heterocycles. The van der Waals surface area contributed by atoms with Gasteiger partial charge in [0.15, 0.2) is 0 Å². The first kappa shape index (κ1) is 18.0. The normalized spacial score (nSPS) is 16.4. The number of fused-ring (bicyclic) bond motifs is 1. The monoisotopic (exact) mass is 379 g/mol. The summed E-state index contributed by atoms with van der Waals surface area (Å²) in [4.78, 5) is 34.4. The summed E-state index contributed by atoms with van der Waals surface area (Å²) in [6.45, 7) is 1.14. The number of ether oxygens (including phenoxy) is 2. The van der Waals surface area contributed by atoms with E-state index in [-0.39, 0.29) is 17.4 Å². The molecule has 144 valence electrons. The summed E-state index contributed by atoms with van der Waals surface area (Å²) in [5.41, 5.74) is 1.83. The minimum Gasteiger partial charge on any atom is -0.497 e. The second-order valence-corrected chi connectivity index (χ2v) is 6.79. The van der Waals surface area contributed by atoms with Crippen LogP contribution in [-0.2, 0) is 0 Å². The lowest BCUT2D eigenvalue weighted by atomic mass is 10.0. The lowest BCUT2D eigenvalue weighted by Gasteiger charge is -2.18. The van der Waals surface area contributed by atoms with Crippen LogP contribution in [0.15, 0.2) is 47.4 Å². The highest BCUT2D eigenvalue weighted by Gasteiger charge is 2.30. The van der Waals surface area contributed by atoms with E-state index < -0.39 is 0 Å². The van der Waals surface area contributed by atoms with Crippen molar-refractivity contribution in [1.82, 2.24) is 14.9 Å². The Morgan fingerprint density at radius 2 is 2.07 bits per heavy atom. The Kier molecular flexibility index (Phi) is 4.73. The highest BCUT2D eigenvalue weighted by atomic mass is 16.5. The van der Waals surface area contributed by atoms with Crippen LogP contribution in [0.5, 0.6) is 11.5 Å². The molecule has 3 aromatic rings. The predicted molar refractivity (Wildman–Crippen MR) is 105 cm³/mol. The molecule has 0 aliphatic carbocycles. The lowest BCUT2D eigenvalue weighted by molar-refractivity contribution is 0.0787. The maximum Gasteiger partial charge on any atom is 0.257 e. The third kappa shape index (κ3) is 3.19. The predicted octanol–water partition coefficient (Wildman–Crippen LogP) is 2.57. The number of nitrogens with zero attached hydrogens (tertiary/aromatic N) is 2. The number of likely N-dealkylation sites (tertiary alicyclic amines) is 1. The zero-order valence-electron chi connectivity index (χ0n) is 15.8. The third-order valence-corrected chi connectivity index (χ3v) is 5.19. The first-order valence-corrected chi connectivity index (χ1v) is 9.10. The number of aromatic amines is 1. The number of amides is 1. The number of benzene rings is 1. The van der Waals surface area contributed by atoms with Gasteiger partial charge in [-0.1, -0.05) is 0 Å². The molecular formula is C21H21N3O4. The molecule has 0 unspecified atom stereocenters. The smallest absolute Gasteiger partial charge is 0.257 e. The van der Waals surface area contributed by atoms with Gasteiger partial charge in [0.05, 0.1) is 30.7 Å². The number of hydrogen-bond acceptors (Lipinski definition) is 5. The van der Waals surface area contributed by atoms with Crippen molar-refractivity contribution in [3.63, 3.8) is 0 Å². The van der Waals surface area contributed by atoms with Gasteiger partial charge in [-0.15, -0.1) is 0 Å². The quantitative estimate of drug-likeness (QED) is 0.753. The number of methoxy groups -OCH3 is 2. The Morgan fingerprint density at radius 3 is 2.86 bits per heavy atom. The standard InChI is InChI=1S/C21H21N3O4/c1-27-14-5-6-16(19(10-14)28-2)21(26)24-9-7-13(12-24)17-11-18-15(20(25)23-17)4-3-8-22-18/h3-6,8,10-11,13H,7,9,12H2,1-2H3,(H,23,25)/t13-/m1/s1. The van der Waals surface area contributed by atoms with Gasteiger partial charge in [-0.3, -0.25) is 14.6 Å². The fourth-order valence-electron chi connectivity index (χ4n) is 3.67. The van der Waals surface area contributed by atoms with Crippen LogP contribution in [0.3, 0.4) is 0 Å². The van der Waals surface area contributed by atoms with E-state index in [1.165, 1.54) is 7.11 Å². The maximum atomic E-state index is 13.0. The number of aromatic nitrogens is 2. The maximum absolute atomic E-state index is 13.0. The van der Waals surface area contributed by atoms with Crippen molar-refractivity contribution in [3.8, 4) is 11.5 Å². The van der Waals surface area contributed by atoms with Gasteiger partial charge in [-0.25, -0.2) is 0 Å². The Bertz CT molecular complexity index is 1090. The van der Waals surface area contributed by atoms with E-state index in [1.54, 1.807) is 48.5 Å². The fraction of sp³-hybridized carbons (Fsp3) is 0.286. The van der Waals surface area contributed by atoms with Crippen LogP contribution in [0, 0.1) is 0 Å². The van der Waals surface area contributed by atoms with Crippen LogP contribution in [0.2, 0.25) is 0 Å². The van der Waals surface area contributed by atoms with E-state index in [4.69, 9.17) is 9.47 Å². The minimum absolute atomic E-state index is 0.0623. The molecule has 1 aromatic carbocycles. The molecule has 0 spiro atoms. The zero-order valence-corrected chi connectivity index (χ0v) is 15.8. The highest BCUT2D eigenvalue weighted by Crippen LogP contribution is 2.31. The molecule has 1 N–H and O–H groups in total. The lowest BCUT2D eigenvalue weighted by Crippen LogP contribution is -2.29. The number of rotatable bonds is 4. The third-order valence-electron chi connectivity index (χ3n) is 5.19. The van der Waals surface area contributed by atoms with Crippen LogP contribution in [0.1, 0.15) is 28.4 Å². The summed E-state index contributed by atoms with van der Waals surface area (Å²) < 4.78 is 10.6. The van der Waals surface area contributed by atoms with E-state index in [2.05, 4.69) is 9.97 Å². The summed E-state index contributed by atoms with van der Waals surface area (Å²) in [6.07, 6.45) is 2.45. The highest BCUT2D eigenvalue weighted by molar-refractivity contribution is 5.97. The molecule has 4 rings (SSSR count). The summed E-state index contributed by atoms with van der Waals surface area (Å²) in [5, 5.41) is 0.570. The molecule has 7 heteroatoms. The molecule has 1 fully saturated rings. The minimum atomic E-state index is -0.151. The van der Waals surface area contributed by atoms with Gasteiger partial charge in [-0.2, -0.15) is 0 Å². The van der Waals surface area contributed by atoms with Crippen LogP contribution >= 0.6 is 0 Å². The van der Waals surface area contributed by atoms with Gasteiger partial charge in [0.2, 0.25) is 0 Å². The van der Waals surface area contributed by atoms with Crippen molar-refractivity contribution in [2.45, 2.75) is 12.3 Å². The zero-order chi connectivity index (χ0) is 19.7. The van der Waals surface area contributed by atoms with E-state index >= 15 is 0 Å². The van der Waals surface area contributed by atoms with Gasteiger partial charge in [-0.05, 0) is 36.8 Å². The SMILES string of the molecule is COc1ccc(C(=O)N2CC[C@@H](c3cc4ncccc4c(=O)[nH]3)C2)c(OC)c1. The van der Waals surface area contributed by atoms with Crippen LogP contribution in [0.4, 0.5) is 0 Å². The van der Waals surface area contributed by atoms with Crippen molar-refractivity contribution >= 4 is 16.8 Å². The summed E-state index contributed by atoms with van der Waals surface area (Å²) in [5.74, 6) is 1.08. The molecule has 0 radical (unpaired) electrons. The average Bonchev–Trinajstić information content (AvgIpc) is 3.23. The van der Waals surface area contributed by atoms with E-state index in [0.29, 0.717) is 41.1 Å². The Hall–Kier alpha value is -3.35. The fourth-order valence-corrected chi connectivity index (χ4v) is 3.67. The molecule has 28 heavy (non-hydrogen) atoms. The first-order chi connectivity index (χ1) is 13.6. The van der Waals surface area contributed by atoms with Gasteiger partial charge in [0.1, 0.15) is 11.5 Å². The molecule has 1 saturated heterocycles. The number of carbonyl (C=O) groups is 1.